The molecule has 1 N–H and O–H groups in total. The molecule has 1 atom stereocenters. The molecule has 2 heterocycles. The molecule has 0 aromatic heterocycles. The van der Waals surface area contributed by atoms with Gasteiger partial charge in [-0.25, -0.2) is 4.79 Å². The summed E-state index contributed by atoms with van der Waals surface area (Å²) in [5, 5.41) is 3.13. The van der Waals surface area contributed by atoms with E-state index in [-0.39, 0.29) is 24.0 Å². The zero-order chi connectivity index (χ0) is 20.6. The van der Waals surface area contributed by atoms with Crippen molar-refractivity contribution in [2.24, 2.45) is 5.92 Å². The maximum absolute atomic E-state index is 12.7. The predicted octanol–water partition coefficient (Wildman–Crippen LogP) is 3.07. The van der Waals surface area contributed by atoms with Crippen molar-refractivity contribution >= 4 is 12.0 Å². The van der Waals surface area contributed by atoms with E-state index in [9.17, 15) is 9.59 Å². The van der Waals surface area contributed by atoms with E-state index in [0.29, 0.717) is 12.6 Å². The Hall–Kier alpha value is -2.08. The summed E-state index contributed by atoms with van der Waals surface area (Å²) < 4.78 is 5.31. The van der Waals surface area contributed by atoms with Crippen LogP contribution < -0.4 is 5.32 Å². The molecule has 160 valence electrons. The maximum Gasteiger partial charge on any atom is 0.410 e. The molecule has 0 aliphatic carbocycles. The molecule has 2 fully saturated rings. The van der Waals surface area contributed by atoms with Crippen LogP contribution in [0.5, 0.6) is 0 Å². The highest BCUT2D eigenvalue weighted by Crippen LogP contribution is 2.24. The van der Waals surface area contributed by atoms with Gasteiger partial charge in [-0.05, 0) is 58.1 Å². The van der Waals surface area contributed by atoms with Gasteiger partial charge in [0, 0.05) is 32.2 Å². The van der Waals surface area contributed by atoms with E-state index < -0.39 is 0 Å². The first-order valence-corrected chi connectivity index (χ1v) is 11.0. The minimum atomic E-state index is -0.201. The zero-order valence-electron chi connectivity index (χ0n) is 17.8. The number of nitrogens with zero attached hydrogens (tertiary/aromatic N) is 2. The zero-order valence-corrected chi connectivity index (χ0v) is 17.8. The fourth-order valence-electron chi connectivity index (χ4n) is 4.36. The number of rotatable bonds is 6. The van der Waals surface area contributed by atoms with Crippen molar-refractivity contribution in [2.45, 2.75) is 58.1 Å². The van der Waals surface area contributed by atoms with Gasteiger partial charge in [0.15, 0.2) is 0 Å². The number of benzene rings is 1. The number of carbonyl (C=O) groups is 2. The van der Waals surface area contributed by atoms with Crippen molar-refractivity contribution in [3.63, 3.8) is 0 Å². The number of amides is 2. The summed E-state index contributed by atoms with van der Waals surface area (Å²) in [6.45, 7) is 7.80. The predicted molar refractivity (Wildman–Crippen MR) is 114 cm³/mol. The molecule has 0 saturated carbocycles. The largest absolute Gasteiger partial charge is 0.447 e. The lowest BCUT2D eigenvalue weighted by Gasteiger charge is -2.41. The summed E-state index contributed by atoms with van der Waals surface area (Å²) in [6.07, 6.45) is 4.52. The molecule has 6 nitrogen and oxygen atoms in total. The molecule has 0 spiro atoms. The number of carbonyl (C=O) groups excluding carboxylic acids is 2. The molecule has 1 aromatic carbocycles. The van der Waals surface area contributed by atoms with E-state index in [1.165, 1.54) is 5.56 Å². The van der Waals surface area contributed by atoms with Gasteiger partial charge in [0.1, 0.15) is 0 Å². The van der Waals surface area contributed by atoms with Gasteiger partial charge in [-0.2, -0.15) is 0 Å². The first kappa shape index (κ1) is 21.6. The van der Waals surface area contributed by atoms with Crippen molar-refractivity contribution in [2.75, 3.05) is 32.7 Å². The van der Waals surface area contributed by atoms with Crippen LogP contribution in [0, 0.1) is 5.92 Å². The fraction of sp³-hybridized carbons (Fsp3) is 0.652. The van der Waals surface area contributed by atoms with Gasteiger partial charge in [-0.1, -0.05) is 30.3 Å². The van der Waals surface area contributed by atoms with E-state index >= 15 is 0 Å². The number of likely N-dealkylation sites (tertiary alicyclic amines) is 2. The van der Waals surface area contributed by atoms with Gasteiger partial charge < -0.3 is 15.0 Å². The number of piperidine rings is 2. The summed E-state index contributed by atoms with van der Waals surface area (Å²) in [5.41, 5.74) is 1.25. The van der Waals surface area contributed by atoms with E-state index in [4.69, 9.17) is 4.74 Å². The molecule has 0 radical (unpaired) electrons. The third-order valence-corrected chi connectivity index (χ3v) is 5.95. The summed E-state index contributed by atoms with van der Waals surface area (Å²) in [7, 11) is 0. The standard InChI is InChI=1S/C23H35N3O3/c1-18(2)29-23(28)25-15-11-21(12-16-25)26-14-6-9-20(17-26)22(27)24-13-10-19-7-4-3-5-8-19/h3-5,7-8,18,20-21H,6,9-17H2,1-2H3,(H,24,27). The summed E-state index contributed by atoms with van der Waals surface area (Å²) >= 11 is 0. The highest BCUT2D eigenvalue weighted by molar-refractivity contribution is 5.79. The molecule has 6 heteroatoms. The monoisotopic (exact) mass is 401 g/mol. The molecule has 3 rings (SSSR count). The van der Waals surface area contributed by atoms with Gasteiger partial charge >= 0.3 is 6.09 Å². The second-order valence-corrected chi connectivity index (χ2v) is 8.51. The first-order valence-electron chi connectivity index (χ1n) is 11.0. The lowest BCUT2D eigenvalue weighted by atomic mass is 9.93. The van der Waals surface area contributed by atoms with Crippen LogP contribution in [0.1, 0.15) is 45.1 Å². The van der Waals surface area contributed by atoms with Crippen LogP contribution in [-0.2, 0) is 16.0 Å². The lowest BCUT2D eigenvalue weighted by Crippen LogP contribution is -2.51. The Balaban J connectivity index is 1.41. The Kier molecular flexibility index (Phi) is 7.92. The molecule has 29 heavy (non-hydrogen) atoms. The topological polar surface area (TPSA) is 61.9 Å². The van der Waals surface area contributed by atoms with Crippen molar-refractivity contribution in [3.05, 3.63) is 35.9 Å². The molecule has 0 bridgehead atoms. The highest BCUT2D eigenvalue weighted by atomic mass is 16.6. The smallest absolute Gasteiger partial charge is 0.410 e. The van der Waals surface area contributed by atoms with Gasteiger partial charge in [0.25, 0.3) is 0 Å². The maximum atomic E-state index is 12.7. The summed E-state index contributed by atoms with van der Waals surface area (Å²) in [6, 6.07) is 10.7. The van der Waals surface area contributed by atoms with Crippen molar-refractivity contribution in [3.8, 4) is 0 Å². The van der Waals surface area contributed by atoms with Crippen LogP contribution in [0.25, 0.3) is 0 Å². The van der Waals surface area contributed by atoms with E-state index in [1.54, 1.807) is 0 Å². The van der Waals surface area contributed by atoms with Crippen LogP contribution >= 0.6 is 0 Å². The van der Waals surface area contributed by atoms with E-state index in [1.807, 2.05) is 36.9 Å². The Morgan fingerprint density at radius 1 is 1.10 bits per heavy atom. The molecule has 2 amide bonds. The quantitative estimate of drug-likeness (QED) is 0.796. The minimum Gasteiger partial charge on any atom is -0.447 e. The highest BCUT2D eigenvalue weighted by Gasteiger charge is 2.32. The van der Waals surface area contributed by atoms with Crippen molar-refractivity contribution in [1.29, 1.82) is 0 Å². The minimum absolute atomic E-state index is 0.0726. The molecule has 2 saturated heterocycles. The van der Waals surface area contributed by atoms with Gasteiger partial charge in [-0.15, -0.1) is 0 Å². The Morgan fingerprint density at radius 2 is 1.83 bits per heavy atom. The van der Waals surface area contributed by atoms with Crippen LogP contribution in [0.15, 0.2) is 30.3 Å². The van der Waals surface area contributed by atoms with Gasteiger partial charge in [0.2, 0.25) is 5.91 Å². The second-order valence-electron chi connectivity index (χ2n) is 8.51. The third kappa shape index (κ3) is 6.46. The normalized spacial score (nSPS) is 21.2. The Bertz CT molecular complexity index is 657. The summed E-state index contributed by atoms with van der Waals surface area (Å²) in [5.74, 6) is 0.257. The average Bonchev–Trinajstić information content (AvgIpc) is 2.74. The molecule has 2 aliphatic heterocycles. The Labute approximate surface area is 174 Å². The Morgan fingerprint density at radius 3 is 2.52 bits per heavy atom. The summed E-state index contributed by atoms with van der Waals surface area (Å²) in [4.78, 5) is 29.0. The molecule has 1 aromatic rings. The van der Waals surface area contributed by atoms with Gasteiger partial charge in [0.05, 0.1) is 12.0 Å². The van der Waals surface area contributed by atoms with Crippen LogP contribution in [0.3, 0.4) is 0 Å². The number of hydrogen-bond acceptors (Lipinski definition) is 4. The van der Waals surface area contributed by atoms with Crippen molar-refractivity contribution in [1.82, 2.24) is 15.1 Å². The molecule has 2 aliphatic rings. The second kappa shape index (κ2) is 10.6. The number of hydrogen-bond donors (Lipinski definition) is 1. The fourth-order valence-corrected chi connectivity index (χ4v) is 4.36. The number of ether oxygens (including phenoxy) is 1. The van der Waals surface area contributed by atoms with Crippen LogP contribution in [0.4, 0.5) is 4.79 Å². The van der Waals surface area contributed by atoms with E-state index in [2.05, 4.69) is 22.3 Å². The van der Waals surface area contributed by atoms with E-state index in [0.717, 1.165) is 58.3 Å². The van der Waals surface area contributed by atoms with Crippen LogP contribution in [0.2, 0.25) is 0 Å². The van der Waals surface area contributed by atoms with Crippen LogP contribution in [-0.4, -0.2) is 66.7 Å². The molecule has 1 unspecified atom stereocenters. The average molecular weight is 402 g/mol. The molecular weight excluding hydrogens is 366 g/mol. The third-order valence-electron chi connectivity index (χ3n) is 5.95. The van der Waals surface area contributed by atoms with Crippen molar-refractivity contribution < 1.29 is 14.3 Å². The lowest BCUT2D eigenvalue weighted by molar-refractivity contribution is -0.127. The SMILES string of the molecule is CC(C)OC(=O)N1CCC(N2CCCC(C(=O)NCCc3ccccc3)C2)CC1. The first-order chi connectivity index (χ1) is 14.0. The number of nitrogens with one attached hydrogen (secondary N) is 1. The molecular formula is C23H35N3O3. The van der Waals surface area contributed by atoms with Gasteiger partial charge in [-0.3, -0.25) is 9.69 Å².